The first kappa shape index (κ1) is 15.7. The zero-order chi connectivity index (χ0) is 16.1. The molecule has 1 aliphatic heterocycles. The van der Waals surface area contributed by atoms with Crippen molar-refractivity contribution in [1.29, 1.82) is 0 Å². The first-order valence-corrected chi connectivity index (χ1v) is 8.04. The lowest BCUT2D eigenvalue weighted by Gasteiger charge is -2.41. The topological polar surface area (TPSA) is 52.6 Å². The molecule has 2 aromatic rings. The van der Waals surface area contributed by atoms with Crippen LogP contribution in [0.3, 0.4) is 0 Å². The van der Waals surface area contributed by atoms with Crippen LogP contribution in [0.2, 0.25) is 0 Å². The highest BCUT2D eigenvalue weighted by Gasteiger charge is 2.31. The third-order valence-corrected chi connectivity index (χ3v) is 4.37. The molecular formula is C19H22N2O2. The summed E-state index contributed by atoms with van der Waals surface area (Å²) in [6.07, 6.45) is 0.156. The van der Waals surface area contributed by atoms with Crippen molar-refractivity contribution in [3.63, 3.8) is 0 Å². The Kier molecular flexibility index (Phi) is 5.05. The molecule has 4 heteroatoms. The Hall–Kier alpha value is -2.17. The van der Waals surface area contributed by atoms with E-state index in [1.165, 1.54) is 11.1 Å². The van der Waals surface area contributed by atoms with Crippen molar-refractivity contribution in [2.24, 2.45) is 0 Å². The average molecular weight is 310 g/mol. The van der Waals surface area contributed by atoms with Crippen LogP contribution in [0, 0.1) is 0 Å². The summed E-state index contributed by atoms with van der Waals surface area (Å²) in [4.78, 5) is 13.6. The number of nitrogens with one attached hydrogen (secondary N) is 1. The fourth-order valence-electron chi connectivity index (χ4n) is 3.35. The fourth-order valence-corrected chi connectivity index (χ4v) is 3.35. The molecule has 2 N–H and O–H groups in total. The molecule has 0 bridgehead atoms. The Balaban J connectivity index is 1.98. The van der Waals surface area contributed by atoms with Crippen LogP contribution in [0.4, 0.5) is 0 Å². The molecule has 120 valence electrons. The van der Waals surface area contributed by atoms with Gasteiger partial charge >= 0.3 is 5.97 Å². The zero-order valence-corrected chi connectivity index (χ0v) is 13.1. The number of aliphatic carboxylic acids is 1. The minimum atomic E-state index is -0.747. The van der Waals surface area contributed by atoms with Crippen molar-refractivity contribution < 1.29 is 9.90 Å². The highest BCUT2D eigenvalue weighted by atomic mass is 16.4. The number of hydrogen-bond acceptors (Lipinski definition) is 3. The monoisotopic (exact) mass is 310 g/mol. The Labute approximate surface area is 136 Å². The maximum absolute atomic E-state index is 11.3. The normalized spacial score (nSPS) is 18.9. The van der Waals surface area contributed by atoms with E-state index in [2.05, 4.69) is 34.5 Å². The molecule has 1 aliphatic rings. The average Bonchev–Trinajstić information content (AvgIpc) is 2.58. The molecule has 1 heterocycles. The van der Waals surface area contributed by atoms with Crippen LogP contribution in [0.25, 0.3) is 0 Å². The first-order valence-electron chi connectivity index (χ1n) is 8.04. The van der Waals surface area contributed by atoms with E-state index in [4.69, 9.17) is 0 Å². The van der Waals surface area contributed by atoms with Gasteiger partial charge in [0.05, 0.1) is 12.5 Å². The van der Waals surface area contributed by atoms with Crippen molar-refractivity contribution in [2.45, 2.75) is 18.5 Å². The fraction of sp³-hybridized carbons (Fsp3) is 0.316. The second kappa shape index (κ2) is 7.40. The number of nitrogens with zero attached hydrogens (tertiary/aromatic N) is 1. The molecule has 0 aromatic heterocycles. The SMILES string of the molecule is O=C(O)CC1CNCCN1C(c1ccccc1)c1ccccc1. The van der Waals surface area contributed by atoms with Crippen LogP contribution >= 0.6 is 0 Å². The summed E-state index contributed by atoms with van der Waals surface area (Å²) in [7, 11) is 0. The highest BCUT2D eigenvalue weighted by Crippen LogP contribution is 2.31. The van der Waals surface area contributed by atoms with Gasteiger partial charge in [-0.3, -0.25) is 9.69 Å². The summed E-state index contributed by atoms with van der Waals surface area (Å²) in [5.74, 6) is -0.747. The summed E-state index contributed by atoms with van der Waals surface area (Å²) >= 11 is 0. The molecule has 3 rings (SSSR count). The second-order valence-electron chi connectivity index (χ2n) is 5.92. The quantitative estimate of drug-likeness (QED) is 0.891. The van der Waals surface area contributed by atoms with Crippen molar-refractivity contribution in [1.82, 2.24) is 10.2 Å². The van der Waals surface area contributed by atoms with Gasteiger partial charge in [0.1, 0.15) is 0 Å². The Morgan fingerprint density at radius 3 is 2.17 bits per heavy atom. The van der Waals surface area contributed by atoms with Gasteiger partial charge in [-0.1, -0.05) is 60.7 Å². The highest BCUT2D eigenvalue weighted by molar-refractivity contribution is 5.67. The van der Waals surface area contributed by atoms with Gasteiger partial charge in [-0.05, 0) is 11.1 Å². The number of rotatable bonds is 5. The van der Waals surface area contributed by atoms with Gasteiger partial charge in [-0.15, -0.1) is 0 Å². The molecule has 0 amide bonds. The van der Waals surface area contributed by atoms with E-state index in [-0.39, 0.29) is 18.5 Å². The molecule has 0 saturated carbocycles. The van der Waals surface area contributed by atoms with Crippen molar-refractivity contribution in [3.05, 3.63) is 71.8 Å². The predicted octanol–water partition coefficient (Wildman–Crippen LogP) is 2.52. The number of carbonyl (C=O) groups is 1. The Morgan fingerprint density at radius 1 is 1.09 bits per heavy atom. The minimum Gasteiger partial charge on any atom is -0.481 e. The molecule has 0 aliphatic carbocycles. The number of hydrogen-bond donors (Lipinski definition) is 2. The third kappa shape index (κ3) is 3.78. The number of piperazine rings is 1. The standard InChI is InChI=1S/C19H22N2O2/c22-18(23)13-17-14-20-11-12-21(17)19(15-7-3-1-4-8-15)16-9-5-2-6-10-16/h1-10,17,19-20H,11-14H2,(H,22,23). The summed E-state index contributed by atoms with van der Waals surface area (Å²) < 4.78 is 0. The van der Waals surface area contributed by atoms with Crippen molar-refractivity contribution in [3.8, 4) is 0 Å². The molecule has 1 fully saturated rings. The smallest absolute Gasteiger partial charge is 0.304 e. The van der Waals surface area contributed by atoms with E-state index < -0.39 is 5.97 Å². The maximum atomic E-state index is 11.3. The van der Waals surface area contributed by atoms with Crippen LogP contribution < -0.4 is 5.32 Å². The van der Waals surface area contributed by atoms with Crippen LogP contribution in [0.15, 0.2) is 60.7 Å². The second-order valence-corrected chi connectivity index (χ2v) is 5.92. The van der Waals surface area contributed by atoms with Crippen LogP contribution in [-0.4, -0.2) is 41.7 Å². The Morgan fingerprint density at radius 2 is 1.65 bits per heavy atom. The van der Waals surface area contributed by atoms with Crippen molar-refractivity contribution in [2.75, 3.05) is 19.6 Å². The molecule has 1 atom stereocenters. The first-order chi connectivity index (χ1) is 11.3. The minimum absolute atomic E-state index is 0.00772. The zero-order valence-electron chi connectivity index (χ0n) is 13.1. The third-order valence-electron chi connectivity index (χ3n) is 4.37. The van der Waals surface area contributed by atoms with Gasteiger partial charge in [0, 0.05) is 25.7 Å². The Bertz CT molecular complexity index is 591. The van der Waals surface area contributed by atoms with Gasteiger partial charge < -0.3 is 10.4 Å². The number of carboxylic acid groups (broad SMARTS) is 1. The molecule has 1 saturated heterocycles. The molecule has 0 radical (unpaired) electrons. The molecule has 0 spiro atoms. The van der Waals surface area contributed by atoms with Crippen molar-refractivity contribution >= 4 is 5.97 Å². The maximum Gasteiger partial charge on any atom is 0.304 e. The molecule has 23 heavy (non-hydrogen) atoms. The van der Waals surface area contributed by atoms with Gasteiger partial charge in [0.2, 0.25) is 0 Å². The van der Waals surface area contributed by atoms with E-state index in [1.807, 2.05) is 36.4 Å². The summed E-state index contributed by atoms with van der Waals surface area (Å²) in [5, 5.41) is 12.6. The van der Waals surface area contributed by atoms with Gasteiger partial charge in [0.15, 0.2) is 0 Å². The van der Waals surface area contributed by atoms with Gasteiger partial charge in [0.25, 0.3) is 0 Å². The summed E-state index contributed by atoms with van der Waals surface area (Å²) in [6.45, 7) is 2.43. The van der Waals surface area contributed by atoms with Gasteiger partial charge in [-0.25, -0.2) is 0 Å². The van der Waals surface area contributed by atoms with Crippen LogP contribution in [-0.2, 0) is 4.79 Å². The lowest BCUT2D eigenvalue weighted by Crippen LogP contribution is -2.53. The summed E-state index contributed by atoms with van der Waals surface area (Å²) in [5.41, 5.74) is 2.41. The summed E-state index contributed by atoms with van der Waals surface area (Å²) in [6, 6.07) is 20.8. The van der Waals surface area contributed by atoms with Crippen LogP contribution in [0.1, 0.15) is 23.6 Å². The molecule has 1 unspecified atom stereocenters. The molecular weight excluding hydrogens is 288 g/mol. The molecule has 2 aromatic carbocycles. The van der Waals surface area contributed by atoms with E-state index >= 15 is 0 Å². The van der Waals surface area contributed by atoms with E-state index in [1.54, 1.807) is 0 Å². The largest absolute Gasteiger partial charge is 0.481 e. The molecule has 4 nitrogen and oxygen atoms in total. The lowest BCUT2D eigenvalue weighted by atomic mass is 9.94. The lowest BCUT2D eigenvalue weighted by molar-refractivity contribution is -0.138. The van der Waals surface area contributed by atoms with E-state index in [0.717, 1.165) is 13.1 Å². The van der Waals surface area contributed by atoms with E-state index in [9.17, 15) is 9.90 Å². The number of benzene rings is 2. The van der Waals surface area contributed by atoms with E-state index in [0.29, 0.717) is 6.54 Å². The number of carboxylic acids is 1. The predicted molar refractivity (Wildman–Crippen MR) is 90.3 cm³/mol. The van der Waals surface area contributed by atoms with Crippen LogP contribution in [0.5, 0.6) is 0 Å². The van der Waals surface area contributed by atoms with Gasteiger partial charge in [-0.2, -0.15) is 0 Å².